The van der Waals surface area contributed by atoms with Crippen molar-refractivity contribution in [2.45, 2.75) is 31.6 Å². The van der Waals surface area contributed by atoms with Crippen LogP contribution in [0.15, 0.2) is 29.2 Å². The Kier molecular flexibility index (Phi) is 8.73. The van der Waals surface area contributed by atoms with Gasteiger partial charge in [0.1, 0.15) is 0 Å². The topological polar surface area (TPSA) is 131 Å². The predicted molar refractivity (Wildman–Crippen MR) is 94.8 cm³/mol. The lowest BCUT2D eigenvalue weighted by Crippen LogP contribution is -2.30. The van der Waals surface area contributed by atoms with Crippen LogP contribution in [-0.4, -0.2) is 45.9 Å². The van der Waals surface area contributed by atoms with Crippen LogP contribution in [0.4, 0.5) is 5.69 Å². The van der Waals surface area contributed by atoms with E-state index in [9.17, 15) is 22.8 Å². The van der Waals surface area contributed by atoms with Crippen molar-refractivity contribution in [3.63, 3.8) is 0 Å². The van der Waals surface area contributed by atoms with Crippen LogP contribution in [0.1, 0.15) is 26.7 Å². The lowest BCUT2D eigenvalue weighted by atomic mass is 10.3. The minimum absolute atomic E-state index is 0.00101. The van der Waals surface area contributed by atoms with Crippen LogP contribution < -0.4 is 15.4 Å². The molecule has 1 aromatic rings. The van der Waals surface area contributed by atoms with Crippen LogP contribution in [0.25, 0.3) is 0 Å². The first-order chi connectivity index (χ1) is 12.2. The molecule has 144 valence electrons. The number of anilines is 1. The largest absolute Gasteiger partial charge is 0.456 e. The highest BCUT2D eigenvalue weighted by atomic mass is 32.2. The summed E-state index contributed by atoms with van der Waals surface area (Å²) >= 11 is 0. The smallest absolute Gasteiger partial charge is 0.307 e. The molecule has 0 fully saturated rings. The number of amides is 2. The SMILES string of the molecule is CCCNC(=O)COC(=O)CCNS(=O)(=O)c1ccc(NC(C)=O)cc1. The fraction of sp³-hybridized carbons (Fsp3) is 0.438. The Morgan fingerprint density at radius 3 is 2.31 bits per heavy atom. The summed E-state index contributed by atoms with van der Waals surface area (Å²) in [6, 6.07) is 5.59. The van der Waals surface area contributed by atoms with Crippen molar-refractivity contribution in [2.75, 3.05) is 25.0 Å². The summed E-state index contributed by atoms with van der Waals surface area (Å²) in [7, 11) is -3.79. The van der Waals surface area contributed by atoms with Gasteiger partial charge in [-0.3, -0.25) is 14.4 Å². The summed E-state index contributed by atoms with van der Waals surface area (Å²) in [6.45, 7) is 3.18. The quantitative estimate of drug-likeness (QED) is 0.499. The summed E-state index contributed by atoms with van der Waals surface area (Å²) in [5.41, 5.74) is 0.473. The molecule has 0 aliphatic heterocycles. The van der Waals surface area contributed by atoms with E-state index in [0.29, 0.717) is 12.2 Å². The molecule has 1 rings (SSSR count). The molecule has 3 N–H and O–H groups in total. The molecule has 0 atom stereocenters. The highest BCUT2D eigenvalue weighted by molar-refractivity contribution is 7.89. The van der Waals surface area contributed by atoms with Gasteiger partial charge in [-0.05, 0) is 30.7 Å². The van der Waals surface area contributed by atoms with E-state index < -0.39 is 28.5 Å². The predicted octanol–water partition coefficient (Wildman–Crippen LogP) is 0.383. The Balaban J connectivity index is 2.42. The van der Waals surface area contributed by atoms with Crippen LogP contribution in [0.2, 0.25) is 0 Å². The number of carbonyl (C=O) groups is 3. The van der Waals surface area contributed by atoms with E-state index in [1.54, 1.807) is 0 Å². The minimum atomic E-state index is -3.79. The van der Waals surface area contributed by atoms with Gasteiger partial charge in [-0.25, -0.2) is 13.1 Å². The van der Waals surface area contributed by atoms with Gasteiger partial charge in [-0.1, -0.05) is 6.92 Å². The van der Waals surface area contributed by atoms with Crippen molar-refractivity contribution in [1.82, 2.24) is 10.0 Å². The summed E-state index contributed by atoms with van der Waals surface area (Å²) in [5.74, 6) is -1.35. The van der Waals surface area contributed by atoms with Crippen molar-refractivity contribution >= 4 is 33.5 Å². The Morgan fingerprint density at radius 2 is 1.73 bits per heavy atom. The average Bonchev–Trinajstić information content (AvgIpc) is 2.58. The van der Waals surface area contributed by atoms with Gasteiger partial charge in [0.25, 0.3) is 5.91 Å². The number of benzene rings is 1. The van der Waals surface area contributed by atoms with Gasteiger partial charge in [0.15, 0.2) is 6.61 Å². The number of nitrogens with one attached hydrogen (secondary N) is 3. The number of esters is 1. The molecule has 0 aliphatic rings. The first-order valence-electron chi connectivity index (χ1n) is 8.04. The summed E-state index contributed by atoms with van der Waals surface area (Å²) in [4.78, 5) is 33.7. The Morgan fingerprint density at radius 1 is 1.08 bits per heavy atom. The molecule has 2 amide bonds. The zero-order chi connectivity index (χ0) is 19.6. The van der Waals surface area contributed by atoms with Gasteiger partial charge in [0, 0.05) is 25.7 Å². The monoisotopic (exact) mass is 385 g/mol. The third-order valence-corrected chi connectivity index (χ3v) is 4.52. The molecule has 9 nitrogen and oxygen atoms in total. The lowest BCUT2D eigenvalue weighted by molar-refractivity contribution is -0.148. The van der Waals surface area contributed by atoms with Crippen LogP contribution in [-0.2, 0) is 29.1 Å². The lowest BCUT2D eigenvalue weighted by Gasteiger charge is -2.08. The molecule has 0 aromatic heterocycles. The number of rotatable bonds is 10. The molecule has 0 saturated carbocycles. The zero-order valence-corrected chi connectivity index (χ0v) is 15.5. The van der Waals surface area contributed by atoms with E-state index in [1.165, 1.54) is 31.2 Å². The van der Waals surface area contributed by atoms with Crippen molar-refractivity contribution < 1.29 is 27.5 Å². The normalized spacial score (nSPS) is 10.8. The van der Waals surface area contributed by atoms with Crippen LogP contribution in [0, 0.1) is 0 Å². The summed E-state index contributed by atoms with van der Waals surface area (Å²) < 4.78 is 31.3. The fourth-order valence-electron chi connectivity index (χ4n) is 1.83. The molecular weight excluding hydrogens is 362 g/mol. The van der Waals surface area contributed by atoms with Crippen molar-refractivity contribution in [2.24, 2.45) is 0 Å². The Labute approximate surface area is 152 Å². The number of sulfonamides is 1. The molecule has 26 heavy (non-hydrogen) atoms. The zero-order valence-electron chi connectivity index (χ0n) is 14.7. The molecule has 0 saturated heterocycles. The number of hydrogen-bond acceptors (Lipinski definition) is 6. The van der Waals surface area contributed by atoms with E-state index in [2.05, 4.69) is 15.4 Å². The maximum atomic E-state index is 12.1. The molecular formula is C16H23N3O6S. The molecule has 0 unspecified atom stereocenters. The molecule has 0 bridgehead atoms. The molecule has 0 spiro atoms. The third kappa shape index (κ3) is 8.08. The standard InChI is InChI=1S/C16H23N3O6S/c1-3-9-17-15(21)11-25-16(22)8-10-18-26(23,24)14-6-4-13(5-7-14)19-12(2)20/h4-7,18H,3,8-11H2,1-2H3,(H,17,21)(H,19,20). The van der Waals surface area contributed by atoms with Gasteiger partial charge >= 0.3 is 5.97 Å². The van der Waals surface area contributed by atoms with E-state index >= 15 is 0 Å². The fourth-order valence-corrected chi connectivity index (χ4v) is 2.86. The summed E-state index contributed by atoms with van der Waals surface area (Å²) in [5, 5.41) is 5.08. The van der Waals surface area contributed by atoms with Crippen molar-refractivity contribution in [3.8, 4) is 0 Å². The van der Waals surface area contributed by atoms with Crippen molar-refractivity contribution in [3.05, 3.63) is 24.3 Å². The number of carbonyl (C=O) groups excluding carboxylic acids is 3. The maximum absolute atomic E-state index is 12.1. The van der Waals surface area contributed by atoms with Crippen molar-refractivity contribution in [1.29, 1.82) is 0 Å². The van der Waals surface area contributed by atoms with Gasteiger partial charge in [-0.2, -0.15) is 0 Å². The maximum Gasteiger partial charge on any atom is 0.307 e. The van der Waals surface area contributed by atoms with E-state index in [4.69, 9.17) is 4.74 Å². The van der Waals surface area contributed by atoms with Crippen LogP contribution in [0.3, 0.4) is 0 Å². The second-order valence-electron chi connectivity index (χ2n) is 5.36. The number of ether oxygens (including phenoxy) is 1. The van der Waals surface area contributed by atoms with E-state index in [0.717, 1.165) is 6.42 Å². The third-order valence-electron chi connectivity index (χ3n) is 3.04. The highest BCUT2D eigenvalue weighted by Gasteiger charge is 2.15. The molecule has 0 radical (unpaired) electrons. The van der Waals surface area contributed by atoms with Gasteiger partial charge in [0.2, 0.25) is 15.9 Å². The second kappa shape index (κ2) is 10.5. The van der Waals surface area contributed by atoms with Crippen LogP contribution >= 0.6 is 0 Å². The molecule has 10 heteroatoms. The first-order valence-corrected chi connectivity index (χ1v) is 9.52. The van der Waals surface area contributed by atoms with E-state index in [-0.39, 0.29) is 23.8 Å². The Hall–Kier alpha value is -2.46. The average molecular weight is 385 g/mol. The highest BCUT2D eigenvalue weighted by Crippen LogP contribution is 2.13. The van der Waals surface area contributed by atoms with Gasteiger partial charge in [0.05, 0.1) is 11.3 Å². The molecule has 0 aliphatic carbocycles. The summed E-state index contributed by atoms with van der Waals surface area (Å²) in [6.07, 6.45) is 0.567. The first kappa shape index (κ1) is 21.6. The molecule has 0 heterocycles. The van der Waals surface area contributed by atoms with Gasteiger partial charge in [-0.15, -0.1) is 0 Å². The Bertz CT molecular complexity index is 731. The minimum Gasteiger partial charge on any atom is -0.456 e. The second-order valence-corrected chi connectivity index (χ2v) is 7.13. The molecule has 1 aromatic carbocycles. The van der Waals surface area contributed by atoms with Gasteiger partial charge < -0.3 is 15.4 Å². The number of hydrogen-bond donors (Lipinski definition) is 3. The van der Waals surface area contributed by atoms with Crippen LogP contribution in [0.5, 0.6) is 0 Å². The van der Waals surface area contributed by atoms with E-state index in [1.807, 2.05) is 6.92 Å².